The summed E-state index contributed by atoms with van der Waals surface area (Å²) in [6, 6.07) is 11.9. The van der Waals surface area contributed by atoms with Gasteiger partial charge in [-0.1, -0.05) is 24.3 Å². The smallest absolute Gasteiger partial charge is 0.253 e. The second-order valence-electron chi connectivity index (χ2n) is 7.39. The number of aromatic nitrogens is 1. The first kappa shape index (κ1) is 20.3. The molecule has 0 saturated carbocycles. The molecule has 2 aromatic carbocycles. The lowest BCUT2D eigenvalue weighted by Gasteiger charge is -2.26. The van der Waals surface area contributed by atoms with E-state index in [4.69, 9.17) is 10.5 Å². The number of hydrogen-bond acceptors (Lipinski definition) is 5. The summed E-state index contributed by atoms with van der Waals surface area (Å²) in [7, 11) is 0. The van der Waals surface area contributed by atoms with Gasteiger partial charge in [-0.15, -0.1) is 0 Å². The first-order valence-electron chi connectivity index (χ1n) is 10.1. The monoisotopic (exact) mass is 408 g/mol. The van der Waals surface area contributed by atoms with E-state index >= 15 is 0 Å². The molecule has 6 nitrogen and oxygen atoms in total. The van der Waals surface area contributed by atoms with Crippen LogP contribution in [0.2, 0.25) is 0 Å². The fraction of sp³-hybridized carbons (Fsp3) is 0.304. The molecule has 1 aromatic heterocycles. The van der Waals surface area contributed by atoms with Gasteiger partial charge in [0.05, 0.1) is 18.8 Å². The van der Waals surface area contributed by atoms with E-state index < -0.39 is 0 Å². The molecule has 2 heterocycles. The van der Waals surface area contributed by atoms with Gasteiger partial charge in [0.1, 0.15) is 11.6 Å². The fourth-order valence-electron chi connectivity index (χ4n) is 3.72. The molecule has 7 heteroatoms. The fourth-order valence-corrected chi connectivity index (χ4v) is 3.72. The maximum Gasteiger partial charge on any atom is 0.253 e. The van der Waals surface area contributed by atoms with E-state index in [1.165, 1.54) is 18.3 Å². The molecule has 0 bridgehead atoms. The predicted octanol–water partition coefficient (Wildman–Crippen LogP) is 3.08. The lowest BCUT2D eigenvalue weighted by atomic mass is 9.99. The standard InChI is InChI=1S/C23H25FN4O2/c24-18-4-1-3-16(13-18)17-5-6-19-20(14-17)22(25)27-15-21(19)23(29)26-7-2-8-28-9-11-30-12-10-28/h1,3-6,13-15H,2,7-12H2,(H2,25,27)(H,26,29). The minimum Gasteiger partial charge on any atom is -0.383 e. The molecule has 1 aliphatic rings. The molecule has 30 heavy (non-hydrogen) atoms. The van der Waals surface area contributed by atoms with Crippen molar-refractivity contribution in [3.63, 3.8) is 0 Å². The zero-order valence-electron chi connectivity index (χ0n) is 16.7. The number of benzene rings is 2. The summed E-state index contributed by atoms with van der Waals surface area (Å²) < 4.78 is 18.9. The summed E-state index contributed by atoms with van der Waals surface area (Å²) in [6.45, 7) is 4.94. The molecule has 0 aliphatic carbocycles. The molecule has 1 fully saturated rings. The third-order valence-corrected chi connectivity index (χ3v) is 5.36. The third kappa shape index (κ3) is 4.58. The van der Waals surface area contributed by atoms with E-state index in [0.29, 0.717) is 23.3 Å². The second kappa shape index (κ2) is 9.19. The van der Waals surface area contributed by atoms with E-state index in [0.717, 1.165) is 55.8 Å². The normalized spacial score (nSPS) is 14.7. The Morgan fingerprint density at radius 2 is 1.93 bits per heavy atom. The Bertz CT molecular complexity index is 1050. The van der Waals surface area contributed by atoms with Gasteiger partial charge in [0.25, 0.3) is 5.91 Å². The molecule has 3 aromatic rings. The summed E-state index contributed by atoms with van der Waals surface area (Å²) in [5.74, 6) is -0.135. The number of nitrogens with two attached hydrogens (primary N) is 1. The first-order chi connectivity index (χ1) is 14.6. The van der Waals surface area contributed by atoms with Gasteiger partial charge in [-0.3, -0.25) is 9.69 Å². The minimum absolute atomic E-state index is 0.173. The summed E-state index contributed by atoms with van der Waals surface area (Å²) in [6.07, 6.45) is 2.38. The molecule has 3 N–H and O–H groups in total. The number of nitrogens with one attached hydrogen (secondary N) is 1. The summed E-state index contributed by atoms with van der Waals surface area (Å²) in [4.78, 5) is 19.3. The van der Waals surface area contributed by atoms with E-state index in [1.54, 1.807) is 6.07 Å². The number of ether oxygens (including phenoxy) is 1. The number of fused-ring (bicyclic) bond motifs is 1. The Morgan fingerprint density at radius 3 is 2.73 bits per heavy atom. The Morgan fingerprint density at radius 1 is 1.13 bits per heavy atom. The summed E-state index contributed by atoms with van der Waals surface area (Å²) >= 11 is 0. The van der Waals surface area contributed by atoms with E-state index in [1.807, 2.05) is 24.3 Å². The number of rotatable bonds is 6. The van der Waals surface area contributed by atoms with Crippen molar-refractivity contribution in [3.8, 4) is 11.1 Å². The van der Waals surface area contributed by atoms with Crippen LogP contribution in [0.3, 0.4) is 0 Å². The molecule has 0 radical (unpaired) electrons. The van der Waals surface area contributed by atoms with Crippen LogP contribution < -0.4 is 11.1 Å². The highest BCUT2D eigenvalue weighted by atomic mass is 19.1. The van der Waals surface area contributed by atoms with Gasteiger partial charge in [-0.25, -0.2) is 9.37 Å². The zero-order chi connectivity index (χ0) is 20.9. The number of morpholine rings is 1. The molecular formula is C23H25FN4O2. The molecule has 0 atom stereocenters. The van der Waals surface area contributed by atoms with Crippen LogP contribution in [0.25, 0.3) is 21.9 Å². The predicted molar refractivity (Wildman–Crippen MR) is 116 cm³/mol. The topological polar surface area (TPSA) is 80.5 Å². The number of anilines is 1. The molecule has 1 aliphatic heterocycles. The molecular weight excluding hydrogens is 383 g/mol. The van der Waals surface area contributed by atoms with Crippen molar-refractivity contribution in [2.24, 2.45) is 0 Å². The number of nitrogens with zero attached hydrogens (tertiary/aromatic N) is 2. The SMILES string of the molecule is Nc1ncc(C(=O)NCCCN2CCOCC2)c2ccc(-c3cccc(F)c3)cc12. The van der Waals surface area contributed by atoms with Crippen LogP contribution in [-0.2, 0) is 4.74 Å². The maximum absolute atomic E-state index is 13.6. The number of amides is 1. The number of carbonyl (C=O) groups excluding carboxylic acids is 1. The highest BCUT2D eigenvalue weighted by molar-refractivity contribution is 6.09. The van der Waals surface area contributed by atoms with Crippen LogP contribution >= 0.6 is 0 Å². The largest absolute Gasteiger partial charge is 0.383 e. The van der Waals surface area contributed by atoms with Crippen LogP contribution in [0.5, 0.6) is 0 Å². The summed E-state index contributed by atoms with van der Waals surface area (Å²) in [5, 5.41) is 4.39. The maximum atomic E-state index is 13.6. The molecule has 0 spiro atoms. The number of hydrogen-bond donors (Lipinski definition) is 2. The van der Waals surface area contributed by atoms with Crippen molar-refractivity contribution in [1.29, 1.82) is 0 Å². The van der Waals surface area contributed by atoms with Gasteiger partial charge in [0.15, 0.2) is 0 Å². The average Bonchev–Trinajstić information content (AvgIpc) is 2.77. The van der Waals surface area contributed by atoms with Gasteiger partial charge in [0.2, 0.25) is 0 Å². The Kier molecular flexibility index (Phi) is 6.21. The Hall–Kier alpha value is -3.03. The van der Waals surface area contributed by atoms with Crippen LogP contribution in [-0.4, -0.2) is 55.2 Å². The second-order valence-corrected chi connectivity index (χ2v) is 7.39. The zero-order valence-corrected chi connectivity index (χ0v) is 16.7. The van der Waals surface area contributed by atoms with Crippen LogP contribution in [0.1, 0.15) is 16.8 Å². The molecule has 0 unspecified atom stereocenters. The van der Waals surface area contributed by atoms with E-state index in [9.17, 15) is 9.18 Å². The summed E-state index contributed by atoms with van der Waals surface area (Å²) in [5.41, 5.74) is 8.12. The molecule has 156 valence electrons. The minimum atomic E-state index is -0.302. The quantitative estimate of drug-likeness (QED) is 0.613. The van der Waals surface area contributed by atoms with Crippen molar-refractivity contribution < 1.29 is 13.9 Å². The van der Waals surface area contributed by atoms with Gasteiger partial charge in [-0.2, -0.15) is 0 Å². The Labute approximate surface area is 174 Å². The highest BCUT2D eigenvalue weighted by Crippen LogP contribution is 2.29. The van der Waals surface area contributed by atoms with Crippen molar-refractivity contribution in [3.05, 3.63) is 60.0 Å². The molecule has 1 amide bonds. The number of halogens is 1. The van der Waals surface area contributed by atoms with Crippen LogP contribution in [0, 0.1) is 5.82 Å². The Balaban J connectivity index is 1.48. The lowest BCUT2D eigenvalue weighted by Crippen LogP contribution is -2.38. The van der Waals surface area contributed by atoms with E-state index in [-0.39, 0.29) is 11.7 Å². The lowest BCUT2D eigenvalue weighted by molar-refractivity contribution is 0.0374. The van der Waals surface area contributed by atoms with Crippen molar-refractivity contribution in [2.75, 3.05) is 45.1 Å². The third-order valence-electron chi connectivity index (χ3n) is 5.36. The first-order valence-corrected chi connectivity index (χ1v) is 10.1. The number of pyridine rings is 1. The van der Waals surface area contributed by atoms with Crippen molar-refractivity contribution in [2.45, 2.75) is 6.42 Å². The number of carbonyl (C=O) groups is 1. The van der Waals surface area contributed by atoms with Crippen LogP contribution in [0.4, 0.5) is 10.2 Å². The van der Waals surface area contributed by atoms with Crippen molar-refractivity contribution in [1.82, 2.24) is 15.2 Å². The molecule has 4 rings (SSSR count). The van der Waals surface area contributed by atoms with Crippen LogP contribution in [0.15, 0.2) is 48.7 Å². The molecule has 1 saturated heterocycles. The van der Waals surface area contributed by atoms with Gasteiger partial charge < -0.3 is 15.8 Å². The van der Waals surface area contributed by atoms with E-state index in [2.05, 4.69) is 15.2 Å². The van der Waals surface area contributed by atoms with Gasteiger partial charge >= 0.3 is 0 Å². The number of nitrogen functional groups attached to an aromatic ring is 1. The average molecular weight is 408 g/mol. The van der Waals surface area contributed by atoms with Gasteiger partial charge in [-0.05, 0) is 47.7 Å². The van der Waals surface area contributed by atoms with Gasteiger partial charge in [0, 0.05) is 31.2 Å². The van der Waals surface area contributed by atoms with Crippen molar-refractivity contribution >= 4 is 22.5 Å². The highest BCUT2D eigenvalue weighted by Gasteiger charge is 2.14.